The predicted octanol–water partition coefficient (Wildman–Crippen LogP) is 1.41. The fourth-order valence-corrected chi connectivity index (χ4v) is 4.28. The highest BCUT2D eigenvalue weighted by Gasteiger charge is 2.34. The molecule has 1 N–H and O–H groups in total. The average molecular weight is 548 g/mol. The number of carbonyl (C=O) groups excluding carboxylic acids is 2. The van der Waals surface area contributed by atoms with Crippen molar-refractivity contribution in [3.8, 4) is 11.6 Å². The van der Waals surface area contributed by atoms with E-state index < -0.39 is 29.7 Å². The maximum atomic E-state index is 14.4. The number of cyclic esters (lactones) is 1. The van der Waals surface area contributed by atoms with Crippen molar-refractivity contribution in [1.82, 2.24) is 19.5 Å². The molecule has 3 aromatic rings. The maximum absolute atomic E-state index is 14.4. The molecule has 14 heteroatoms. The number of ketones is 1. The number of rotatable bonds is 8. The number of anilines is 1. The SMILES string of the molecule is Cn1c(=O)cnc2ccc(F)c(OCC(O)CCC[C@H]3CN(c4cnc5c(n4)CC(=O)CO5)C(=O)O3)c21.S. The number of benzene rings is 1. The summed E-state index contributed by atoms with van der Waals surface area (Å²) < 4.78 is 31.9. The van der Waals surface area contributed by atoms with Gasteiger partial charge in [-0.05, 0) is 31.4 Å². The van der Waals surface area contributed by atoms with Gasteiger partial charge >= 0.3 is 6.09 Å². The van der Waals surface area contributed by atoms with Gasteiger partial charge in [-0.15, -0.1) is 0 Å². The molecule has 38 heavy (non-hydrogen) atoms. The Balaban J connectivity index is 0.00000336. The third-order valence-electron chi connectivity index (χ3n) is 6.20. The summed E-state index contributed by atoms with van der Waals surface area (Å²) in [5.74, 6) is -0.374. The first kappa shape index (κ1) is 27.3. The molecule has 0 saturated carbocycles. The Kier molecular flexibility index (Phi) is 8.11. The van der Waals surface area contributed by atoms with Gasteiger partial charge in [0.05, 0.1) is 37.0 Å². The van der Waals surface area contributed by atoms with Gasteiger partial charge in [0.2, 0.25) is 5.88 Å². The van der Waals surface area contributed by atoms with E-state index in [4.69, 9.17) is 14.2 Å². The van der Waals surface area contributed by atoms with Gasteiger partial charge in [-0.1, -0.05) is 0 Å². The van der Waals surface area contributed by atoms with E-state index in [1.807, 2.05) is 0 Å². The van der Waals surface area contributed by atoms with Crippen LogP contribution in [0.25, 0.3) is 11.0 Å². The lowest BCUT2D eigenvalue weighted by molar-refractivity contribution is -0.121. The number of aliphatic hydroxyl groups excluding tert-OH is 1. The number of nitrogens with zero attached hydrogens (tertiary/aromatic N) is 5. The number of aliphatic hydroxyl groups is 1. The van der Waals surface area contributed by atoms with Crippen LogP contribution in [0.1, 0.15) is 25.0 Å². The zero-order chi connectivity index (χ0) is 26.1. The first-order valence-corrected chi connectivity index (χ1v) is 11.7. The summed E-state index contributed by atoms with van der Waals surface area (Å²) in [7, 11) is 1.49. The number of carbonyl (C=O) groups is 2. The zero-order valence-electron chi connectivity index (χ0n) is 20.4. The summed E-state index contributed by atoms with van der Waals surface area (Å²) >= 11 is 0. The number of ether oxygens (including phenoxy) is 3. The van der Waals surface area contributed by atoms with Crippen LogP contribution in [-0.2, 0) is 23.0 Å². The molecule has 0 radical (unpaired) electrons. The molecule has 1 fully saturated rings. The van der Waals surface area contributed by atoms with Crippen LogP contribution in [0.3, 0.4) is 0 Å². The molecule has 5 rings (SSSR count). The van der Waals surface area contributed by atoms with Gasteiger partial charge in [-0.2, -0.15) is 13.5 Å². The second-order valence-corrected chi connectivity index (χ2v) is 8.90. The van der Waals surface area contributed by atoms with E-state index in [-0.39, 0.29) is 68.4 Å². The third kappa shape index (κ3) is 5.55. The van der Waals surface area contributed by atoms with Crippen molar-refractivity contribution < 1.29 is 33.3 Å². The largest absolute Gasteiger partial charge is 0.486 e. The minimum Gasteiger partial charge on any atom is -0.486 e. The number of aromatic nitrogens is 4. The van der Waals surface area contributed by atoms with Gasteiger partial charge in [-0.3, -0.25) is 14.5 Å². The van der Waals surface area contributed by atoms with Crippen molar-refractivity contribution in [1.29, 1.82) is 0 Å². The van der Waals surface area contributed by atoms with E-state index in [2.05, 4.69) is 15.0 Å². The molecule has 0 aliphatic carbocycles. The predicted molar refractivity (Wildman–Crippen MR) is 137 cm³/mol. The second kappa shape index (κ2) is 11.3. The Labute approximate surface area is 222 Å². The Bertz CT molecular complexity index is 1440. The van der Waals surface area contributed by atoms with Gasteiger partial charge in [-0.25, -0.2) is 24.1 Å². The molecule has 1 unspecified atom stereocenters. The number of hydrogen-bond donors (Lipinski definition) is 1. The van der Waals surface area contributed by atoms with Crippen LogP contribution >= 0.6 is 13.5 Å². The number of fused-ring (bicyclic) bond motifs is 2. The average Bonchev–Trinajstić information content (AvgIpc) is 3.25. The Hall–Kier alpha value is -3.78. The van der Waals surface area contributed by atoms with Crippen molar-refractivity contribution in [3.05, 3.63) is 46.4 Å². The lowest BCUT2D eigenvalue weighted by Crippen LogP contribution is -2.28. The fraction of sp³-hybridized carbons (Fsp3) is 0.417. The lowest BCUT2D eigenvalue weighted by atomic mass is 10.1. The van der Waals surface area contributed by atoms with Gasteiger partial charge in [0, 0.05) is 7.05 Å². The first-order chi connectivity index (χ1) is 17.8. The number of hydrogen-bond acceptors (Lipinski definition) is 10. The molecule has 1 aromatic carbocycles. The molecule has 0 bridgehead atoms. The Morgan fingerprint density at radius 3 is 2.87 bits per heavy atom. The Morgan fingerprint density at radius 2 is 2.05 bits per heavy atom. The molecule has 12 nitrogen and oxygen atoms in total. The molecule has 202 valence electrons. The van der Waals surface area contributed by atoms with Crippen LogP contribution < -0.4 is 19.9 Å². The molecule has 2 aliphatic heterocycles. The summed E-state index contributed by atoms with van der Waals surface area (Å²) in [6.45, 7) is 0.0106. The first-order valence-electron chi connectivity index (χ1n) is 11.7. The normalized spacial score (nSPS) is 17.4. The quantitative estimate of drug-likeness (QED) is 0.439. The van der Waals surface area contributed by atoms with Crippen LogP contribution in [0, 0.1) is 5.82 Å². The van der Waals surface area contributed by atoms with Crippen LogP contribution in [0.4, 0.5) is 15.0 Å². The standard InChI is InChI=1S/C24H24FN5O7.H2S/c1-29-20(33)9-26-17-6-5-16(25)22(21(17)29)35-11-13(31)3-2-4-15-10-30(24(34)37-15)19-8-27-23-18(28-19)7-14(32)12-36-23;/h5-6,8-9,13,15,31H,2-4,7,10-12H2,1H3;1H2/t13?,15-;/m0./s1. The number of halogens is 1. The minimum absolute atomic E-state index is 0. The molecular weight excluding hydrogens is 521 g/mol. The molecule has 2 aliphatic rings. The van der Waals surface area contributed by atoms with E-state index in [0.29, 0.717) is 30.5 Å². The third-order valence-corrected chi connectivity index (χ3v) is 6.20. The van der Waals surface area contributed by atoms with E-state index in [1.165, 1.54) is 34.8 Å². The molecule has 2 aromatic heterocycles. The summed E-state index contributed by atoms with van der Waals surface area (Å²) in [6.07, 6.45) is 2.02. The van der Waals surface area contributed by atoms with Crippen molar-refractivity contribution >= 4 is 42.2 Å². The van der Waals surface area contributed by atoms with Gasteiger partial charge < -0.3 is 23.9 Å². The smallest absolute Gasteiger partial charge is 0.415 e. The van der Waals surface area contributed by atoms with Crippen molar-refractivity contribution in [2.75, 3.05) is 24.7 Å². The summed E-state index contributed by atoms with van der Waals surface area (Å²) in [5, 5.41) is 10.4. The van der Waals surface area contributed by atoms with E-state index in [1.54, 1.807) is 0 Å². The number of amides is 1. The lowest BCUT2D eigenvalue weighted by Gasteiger charge is -2.17. The number of aryl methyl sites for hydroxylation is 1. The van der Waals surface area contributed by atoms with Crippen LogP contribution in [0.5, 0.6) is 11.6 Å². The summed E-state index contributed by atoms with van der Waals surface area (Å²) in [4.78, 5) is 49.7. The number of Topliss-reactive ketones (excluding diaryl/α,β-unsaturated/α-hetero) is 1. The van der Waals surface area contributed by atoms with Gasteiger partial charge in [0.25, 0.3) is 5.56 Å². The molecule has 1 saturated heterocycles. The maximum Gasteiger partial charge on any atom is 0.415 e. The van der Waals surface area contributed by atoms with Crippen LogP contribution in [-0.4, -0.2) is 68.5 Å². The zero-order valence-corrected chi connectivity index (χ0v) is 21.4. The van der Waals surface area contributed by atoms with Crippen LogP contribution in [0.2, 0.25) is 0 Å². The molecule has 4 heterocycles. The molecule has 2 atom stereocenters. The minimum atomic E-state index is -0.916. The highest BCUT2D eigenvalue weighted by molar-refractivity contribution is 7.59. The molecule has 0 spiro atoms. The molecule has 1 amide bonds. The van der Waals surface area contributed by atoms with Crippen LogP contribution in [0.15, 0.2) is 29.3 Å². The van der Waals surface area contributed by atoms with E-state index in [9.17, 15) is 23.9 Å². The van der Waals surface area contributed by atoms with Gasteiger partial charge in [0.1, 0.15) is 30.5 Å². The van der Waals surface area contributed by atoms with Crippen molar-refractivity contribution in [3.63, 3.8) is 0 Å². The monoisotopic (exact) mass is 547 g/mol. The second-order valence-electron chi connectivity index (χ2n) is 8.90. The van der Waals surface area contributed by atoms with E-state index in [0.717, 1.165) is 6.20 Å². The highest BCUT2D eigenvalue weighted by Crippen LogP contribution is 2.28. The molecular formula is C24H26FN5O7S. The van der Waals surface area contributed by atoms with Crippen molar-refractivity contribution in [2.45, 2.75) is 37.9 Å². The fourth-order valence-electron chi connectivity index (χ4n) is 4.28. The topological polar surface area (TPSA) is 146 Å². The van der Waals surface area contributed by atoms with Crippen molar-refractivity contribution in [2.24, 2.45) is 7.05 Å². The van der Waals surface area contributed by atoms with E-state index >= 15 is 0 Å². The summed E-state index contributed by atoms with van der Waals surface area (Å²) in [6, 6.07) is 2.64. The highest BCUT2D eigenvalue weighted by atomic mass is 32.1. The summed E-state index contributed by atoms with van der Waals surface area (Å²) in [5.41, 5.74) is 0.570. The van der Waals surface area contributed by atoms with Gasteiger partial charge in [0.15, 0.2) is 23.2 Å². The Morgan fingerprint density at radius 1 is 1.24 bits per heavy atom.